The van der Waals surface area contributed by atoms with Gasteiger partial charge in [-0.3, -0.25) is 4.79 Å². The molecule has 0 unspecified atom stereocenters. The Balaban J connectivity index is 0.000000423. The first-order valence-corrected chi connectivity index (χ1v) is 9.99. The maximum atomic E-state index is 12.1. The summed E-state index contributed by atoms with van der Waals surface area (Å²) in [6, 6.07) is 1.80. The first-order chi connectivity index (χ1) is 14.6. The first-order valence-electron chi connectivity index (χ1n) is 9.99. The lowest BCUT2D eigenvalue weighted by atomic mass is 9.90. The number of likely N-dealkylation sites (tertiary alicyclic amines) is 1. The summed E-state index contributed by atoms with van der Waals surface area (Å²) in [6.07, 6.45) is 2.55. The van der Waals surface area contributed by atoms with Crippen molar-refractivity contribution in [1.29, 1.82) is 0 Å². The van der Waals surface area contributed by atoms with Crippen molar-refractivity contribution in [2.75, 3.05) is 38.2 Å². The molecule has 0 aromatic carbocycles. The minimum Gasteiger partial charge on any atom is -0.475 e. The van der Waals surface area contributed by atoms with E-state index in [1.807, 2.05) is 11.8 Å². The number of alkyl halides is 3. The van der Waals surface area contributed by atoms with Crippen molar-refractivity contribution in [3.8, 4) is 0 Å². The van der Waals surface area contributed by atoms with Crippen LogP contribution in [0.4, 0.5) is 19.1 Å². The van der Waals surface area contributed by atoms with E-state index in [0.29, 0.717) is 25.6 Å². The SMILES string of the molecule is CCOCC(=O)N1CC[C@]2(CCC[C@H](CNc3ncccn3)O2)C1.O=C(O)C(F)(F)F. The van der Waals surface area contributed by atoms with E-state index >= 15 is 0 Å². The van der Waals surface area contributed by atoms with Gasteiger partial charge in [-0.15, -0.1) is 0 Å². The van der Waals surface area contributed by atoms with Crippen molar-refractivity contribution in [3.63, 3.8) is 0 Å². The lowest BCUT2D eigenvalue weighted by molar-refractivity contribution is -0.192. The van der Waals surface area contributed by atoms with E-state index in [4.69, 9.17) is 19.4 Å². The van der Waals surface area contributed by atoms with E-state index in [9.17, 15) is 18.0 Å². The van der Waals surface area contributed by atoms with E-state index in [-0.39, 0.29) is 24.2 Å². The molecule has 0 bridgehead atoms. The smallest absolute Gasteiger partial charge is 0.475 e. The van der Waals surface area contributed by atoms with Crippen LogP contribution in [0.25, 0.3) is 0 Å². The second kappa shape index (κ2) is 11.2. The molecule has 2 aliphatic heterocycles. The van der Waals surface area contributed by atoms with Gasteiger partial charge in [0.25, 0.3) is 0 Å². The van der Waals surface area contributed by atoms with Gasteiger partial charge in [-0.05, 0) is 38.7 Å². The number of carbonyl (C=O) groups excluding carboxylic acids is 1. The zero-order chi connectivity index (χ0) is 22.9. The van der Waals surface area contributed by atoms with Crippen LogP contribution in [0, 0.1) is 0 Å². The summed E-state index contributed by atoms with van der Waals surface area (Å²) in [6.45, 7) is 4.76. The maximum absolute atomic E-state index is 12.1. The summed E-state index contributed by atoms with van der Waals surface area (Å²) in [4.78, 5) is 31.3. The molecular formula is C19H27F3N4O5. The van der Waals surface area contributed by atoms with Crippen LogP contribution in [0.15, 0.2) is 18.5 Å². The summed E-state index contributed by atoms with van der Waals surface area (Å²) in [7, 11) is 0. The third-order valence-corrected chi connectivity index (χ3v) is 4.97. The van der Waals surface area contributed by atoms with Crippen LogP contribution in [0.2, 0.25) is 0 Å². The van der Waals surface area contributed by atoms with Crippen LogP contribution >= 0.6 is 0 Å². The number of rotatable bonds is 6. The Kier molecular flexibility index (Phi) is 8.99. The van der Waals surface area contributed by atoms with Crippen molar-refractivity contribution >= 4 is 17.8 Å². The number of carboxylic acid groups (broad SMARTS) is 1. The fraction of sp³-hybridized carbons (Fsp3) is 0.684. The normalized spacial score (nSPS) is 23.2. The molecule has 1 amide bonds. The molecule has 0 saturated carbocycles. The molecule has 2 saturated heterocycles. The van der Waals surface area contributed by atoms with Gasteiger partial charge in [-0.2, -0.15) is 13.2 Å². The van der Waals surface area contributed by atoms with Gasteiger partial charge in [-0.25, -0.2) is 14.8 Å². The molecule has 174 valence electrons. The van der Waals surface area contributed by atoms with Crippen LogP contribution < -0.4 is 5.32 Å². The van der Waals surface area contributed by atoms with Crippen LogP contribution in [0.5, 0.6) is 0 Å². The van der Waals surface area contributed by atoms with Gasteiger partial charge < -0.3 is 24.8 Å². The third kappa shape index (κ3) is 7.94. The maximum Gasteiger partial charge on any atom is 0.490 e. The summed E-state index contributed by atoms with van der Waals surface area (Å²) in [5.41, 5.74) is -0.190. The zero-order valence-electron chi connectivity index (χ0n) is 17.2. The molecule has 1 aromatic rings. The van der Waals surface area contributed by atoms with Crippen LogP contribution in [-0.4, -0.2) is 82.6 Å². The molecule has 12 heteroatoms. The quantitative estimate of drug-likeness (QED) is 0.680. The Labute approximate surface area is 177 Å². The number of nitrogens with one attached hydrogen (secondary N) is 1. The molecule has 9 nitrogen and oxygen atoms in total. The highest BCUT2D eigenvalue weighted by molar-refractivity contribution is 5.77. The number of aliphatic carboxylic acids is 1. The average Bonchev–Trinajstić information content (AvgIpc) is 3.14. The molecule has 1 aromatic heterocycles. The van der Waals surface area contributed by atoms with E-state index in [1.54, 1.807) is 18.5 Å². The highest BCUT2D eigenvalue weighted by Gasteiger charge is 2.44. The zero-order valence-corrected chi connectivity index (χ0v) is 17.2. The number of nitrogens with zero attached hydrogens (tertiary/aromatic N) is 3. The van der Waals surface area contributed by atoms with Gasteiger partial charge in [-0.1, -0.05) is 0 Å². The number of halogens is 3. The van der Waals surface area contributed by atoms with Crippen LogP contribution in [-0.2, 0) is 19.1 Å². The molecule has 2 N–H and O–H groups in total. The third-order valence-electron chi connectivity index (χ3n) is 4.97. The number of carbonyl (C=O) groups is 2. The average molecular weight is 448 g/mol. The first kappa shape index (κ1) is 24.8. The van der Waals surface area contributed by atoms with Gasteiger partial charge in [0.2, 0.25) is 11.9 Å². The van der Waals surface area contributed by atoms with Crippen molar-refractivity contribution in [2.24, 2.45) is 0 Å². The molecule has 0 aliphatic carbocycles. The molecule has 0 radical (unpaired) electrons. The van der Waals surface area contributed by atoms with Gasteiger partial charge in [0.05, 0.1) is 11.7 Å². The van der Waals surface area contributed by atoms with Crippen molar-refractivity contribution in [3.05, 3.63) is 18.5 Å². The summed E-state index contributed by atoms with van der Waals surface area (Å²) in [5.74, 6) is -2.07. The summed E-state index contributed by atoms with van der Waals surface area (Å²) in [5, 5.41) is 10.4. The second-order valence-corrected chi connectivity index (χ2v) is 7.27. The number of hydrogen-bond acceptors (Lipinski definition) is 7. The number of aromatic nitrogens is 2. The van der Waals surface area contributed by atoms with Gasteiger partial charge in [0, 0.05) is 38.6 Å². The Bertz CT molecular complexity index is 722. The highest BCUT2D eigenvalue weighted by Crippen LogP contribution is 2.36. The Hall–Kier alpha value is -2.47. The van der Waals surface area contributed by atoms with E-state index in [1.165, 1.54) is 0 Å². The molecule has 31 heavy (non-hydrogen) atoms. The second-order valence-electron chi connectivity index (χ2n) is 7.27. The van der Waals surface area contributed by atoms with Crippen molar-refractivity contribution in [2.45, 2.75) is 50.5 Å². The fourth-order valence-corrected chi connectivity index (χ4v) is 3.50. The number of ether oxygens (including phenoxy) is 2. The Morgan fingerprint density at radius 1 is 1.35 bits per heavy atom. The minimum atomic E-state index is -5.08. The van der Waals surface area contributed by atoms with Crippen LogP contribution in [0.1, 0.15) is 32.6 Å². The Morgan fingerprint density at radius 3 is 2.65 bits per heavy atom. The van der Waals surface area contributed by atoms with E-state index in [0.717, 1.165) is 32.2 Å². The molecule has 1 spiro atoms. The van der Waals surface area contributed by atoms with Crippen LogP contribution in [0.3, 0.4) is 0 Å². The minimum absolute atomic E-state index is 0.0651. The van der Waals surface area contributed by atoms with E-state index in [2.05, 4.69) is 15.3 Å². The predicted octanol–water partition coefficient (Wildman–Crippen LogP) is 2.10. The van der Waals surface area contributed by atoms with Crippen molar-refractivity contribution in [1.82, 2.24) is 14.9 Å². The fourth-order valence-electron chi connectivity index (χ4n) is 3.50. The van der Waals surface area contributed by atoms with Gasteiger partial charge >= 0.3 is 12.1 Å². The predicted molar refractivity (Wildman–Crippen MR) is 103 cm³/mol. The Morgan fingerprint density at radius 2 is 2.03 bits per heavy atom. The van der Waals surface area contributed by atoms with Crippen molar-refractivity contribution < 1.29 is 37.3 Å². The molecule has 3 rings (SSSR count). The lowest BCUT2D eigenvalue weighted by Gasteiger charge is -2.38. The standard InChI is InChI=1S/C17H26N4O3.C2HF3O2/c1-2-23-12-15(22)21-10-7-17(13-21)6-3-5-14(24-17)11-20-16-18-8-4-9-19-16;3-2(4,5)1(6)7/h4,8-9,14H,2-3,5-7,10-13H2,1H3,(H,18,19,20);(H,6,7)/t14-,17-;/m1./s1. The molecule has 2 atom stereocenters. The number of anilines is 1. The monoisotopic (exact) mass is 448 g/mol. The lowest BCUT2D eigenvalue weighted by Crippen LogP contribution is -2.46. The molecule has 2 aliphatic rings. The highest BCUT2D eigenvalue weighted by atomic mass is 19.4. The molecular weight excluding hydrogens is 421 g/mol. The van der Waals surface area contributed by atoms with E-state index < -0.39 is 12.1 Å². The van der Waals surface area contributed by atoms with Gasteiger partial charge in [0.1, 0.15) is 6.61 Å². The largest absolute Gasteiger partial charge is 0.490 e. The summed E-state index contributed by atoms with van der Waals surface area (Å²) < 4.78 is 43.4. The number of hydrogen-bond donors (Lipinski definition) is 2. The molecule has 3 heterocycles. The summed E-state index contributed by atoms with van der Waals surface area (Å²) >= 11 is 0. The number of amides is 1. The number of carboxylic acids is 1. The van der Waals surface area contributed by atoms with Gasteiger partial charge in [0.15, 0.2) is 0 Å². The topological polar surface area (TPSA) is 114 Å². The molecule has 2 fully saturated rings.